The average Bonchev–Trinajstić information content (AvgIpc) is 3.12. The van der Waals surface area contributed by atoms with Crippen molar-refractivity contribution < 1.29 is 23.9 Å². The Morgan fingerprint density at radius 3 is 2.81 bits per heavy atom. The molecule has 1 atom stereocenters. The summed E-state index contributed by atoms with van der Waals surface area (Å²) in [5.74, 6) is -1.18. The van der Waals surface area contributed by atoms with Gasteiger partial charge in [0.25, 0.3) is 0 Å². The van der Waals surface area contributed by atoms with Crippen LogP contribution < -0.4 is 10.6 Å². The SMILES string of the molecule is CNC(=O)C1CCCN1C(=O)NCc1ccc(C(=O)O)o1. The molecule has 8 nitrogen and oxygen atoms in total. The van der Waals surface area contributed by atoms with Gasteiger partial charge in [-0.1, -0.05) is 0 Å². The summed E-state index contributed by atoms with van der Waals surface area (Å²) >= 11 is 0. The first-order valence-corrected chi connectivity index (χ1v) is 6.61. The lowest BCUT2D eigenvalue weighted by molar-refractivity contribution is -0.124. The van der Waals surface area contributed by atoms with E-state index in [1.807, 2.05) is 0 Å². The number of nitrogens with zero attached hydrogens (tertiary/aromatic N) is 1. The first-order valence-electron chi connectivity index (χ1n) is 6.61. The number of aromatic carboxylic acids is 1. The van der Waals surface area contributed by atoms with E-state index in [0.717, 1.165) is 6.42 Å². The van der Waals surface area contributed by atoms with Gasteiger partial charge in [-0.3, -0.25) is 4.79 Å². The number of carboxylic acids is 1. The minimum absolute atomic E-state index is 0.0725. The Kier molecular flexibility index (Phi) is 4.46. The monoisotopic (exact) mass is 295 g/mol. The number of hydrogen-bond donors (Lipinski definition) is 3. The molecular formula is C13H17N3O5. The first kappa shape index (κ1) is 14.9. The fourth-order valence-electron chi connectivity index (χ4n) is 2.30. The van der Waals surface area contributed by atoms with Crippen LogP contribution in [0.4, 0.5) is 4.79 Å². The van der Waals surface area contributed by atoms with Gasteiger partial charge in [0.15, 0.2) is 0 Å². The highest BCUT2D eigenvalue weighted by Crippen LogP contribution is 2.17. The molecule has 1 aromatic heterocycles. The molecule has 0 aliphatic carbocycles. The number of hydrogen-bond acceptors (Lipinski definition) is 4. The Labute approximate surface area is 121 Å². The summed E-state index contributed by atoms with van der Waals surface area (Å²) in [5.41, 5.74) is 0. The Morgan fingerprint density at radius 1 is 1.43 bits per heavy atom. The summed E-state index contributed by atoms with van der Waals surface area (Å²) in [6.07, 6.45) is 1.41. The summed E-state index contributed by atoms with van der Waals surface area (Å²) in [4.78, 5) is 35.9. The van der Waals surface area contributed by atoms with Gasteiger partial charge in [0.1, 0.15) is 11.8 Å². The lowest BCUT2D eigenvalue weighted by Crippen LogP contribution is -2.48. The van der Waals surface area contributed by atoms with Crippen molar-refractivity contribution in [2.45, 2.75) is 25.4 Å². The zero-order valence-corrected chi connectivity index (χ0v) is 11.6. The lowest BCUT2D eigenvalue weighted by atomic mass is 10.2. The number of carboxylic acid groups (broad SMARTS) is 1. The molecular weight excluding hydrogens is 278 g/mol. The second-order valence-corrected chi connectivity index (χ2v) is 4.70. The molecule has 0 radical (unpaired) electrons. The lowest BCUT2D eigenvalue weighted by Gasteiger charge is -2.23. The Hall–Kier alpha value is -2.51. The molecule has 1 saturated heterocycles. The first-order chi connectivity index (χ1) is 10.0. The van der Waals surface area contributed by atoms with E-state index in [0.29, 0.717) is 18.7 Å². The van der Waals surface area contributed by atoms with Crippen molar-refractivity contribution in [2.75, 3.05) is 13.6 Å². The summed E-state index contributed by atoms with van der Waals surface area (Å²) < 4.78 is 5.04. The van der Waals surface area contributed by atoms with Gasteiger partial charge in [-0.25, -0.2) is 9.59 Å². The second kappa shape index (κ2) is 6.29. The third-order valence-corrected chi connectivity index (χ3v) is 3.35. The number of amides is 3. The van der Waals surface area contributed by atoms with Crippen LogP contribution in [0, 0.1) is 0 Å². The van der Waals surface area contributed by atoms with E-state index in [1.54, 1.807) is 0 Å². The van der Waals surface area contributed by atoms with Crippen LogP contribution >= 0.6 is 0 Å². The number of rotatable bonds is 4. The van der Waals surface area contributed by atoms with Gasteiger partial charge in [-0.2, -0.15) is 0 Å². The molecule has 3 amide bonds. The fraction of sp³-hybridized carbons (Fsp3) is 0.462. The molecule has 2 rings (SSSR count). The van der Waals surface area contributed by atoms with Gasteiger partial charge in [0.2, 0.25) is 11.7 Å². The van der Waals surface area contributed by atoms with Crippen LogP contribution in [-0.2, 0) is 11.3 Å². The second-order valence-electron chi connectivity index (χ2n) is 4.70. The highest BCUT2D eigenvalue weighted by molar-refractivity contribution is 5.87. The van der Waals surface area contributed by atoms with E-state index >= 15 is 0 Å². The van der Waals surface area contributed by atoms with Gasteiger partial charge in [0.05, 0.1) is 6.54 Å². The topological polar surface area (TPSA) is 112 Å². The van der Waals surface area contributed by atoms with Crippen molar-refractivity contribution in [2.24, 2.45) is 0 Å². The molecule has 0 saturated carbocycles. The molecule has 0 bridgehead atoms. The third-order valence-electron chi connectivity index (χ3n) is 3.35. The number of nitrogens with one attached hydrogen (secondary N) is 2. The van der Waals surface area contributed by atoms with Crippen molar-refractivity contribution in [3.63, 3.8) is 0 Å². The highest BCUT2D eigenvalue weighted by Gasteiger charge is 2.33. The predicted octanol–water partition coefficient (Wildman–Crippen LogP) is 0.398. The number of urea groups is 1. The molecule has 2 heterocycles. The maximum absolute atomic E-state index is 12.1. The summed E-state index contributed by atoms with van der Waals surface area (Å²) in [7, 11) is 1.53. The Balaban J connectivity index is 1.91. The van der Waals surface area contributed by atoms with Crippen LogP contribution in [0.5, 0.6) is 0 Å². The number of carbonyl (C=O) groups is 3. The van der Waals surface area contributed by atoms with E-state index < -0.39 is 12.0 Å². The molecule has 0 aromatic carbocycles. The highest BCUT2D eigenvalue weighted by atomic mass is 16.4. The van der Waals surface area contributed by atoms with E-state index in [-0.39, 0.29) is 24.2 Å². The van der Waals surface area contributed by atoms with Crippen LogP contribution in [0.25, 0.3) is 0 Å². The molecule has 1 aliphatic rings. The molecule has 1 aromatic rings. The van der Waals surface area contributed by atoms with E-state index in [9.17, 15) is 14.4 Å². The molecule has 1 fully saturated rings. The summed E-state index contributed by atoms with van der Waals surface area (Å²) in [6, 6.07) is 1.99. The molecule has 21 heavy (non-hydrogen) atoms. The summed E-state index contributed by atoms with van der Waals surface area (Å²) in [5, 5.41) is 13.9. The van der Waals surface area contributed by atoms with Crippen molar-refractivity contribution in [1.29, 1.82) is 0 Å². The zero-order chi connectivity index (χ0) is 15.4. The zero-order valence-electron chi connectivity index (χ0n) is 11.6. The Morgan fingerprint density at radius 2 is 2.19 bits per heavy atom. The number of likely N-dealkylation sites (N-methyl/N-ethyl adjacent to an activating group) is 1. The predicted molar refractivity (Wildman–Crippen MR) is 71.7 cm³/mol. The molecule has 8 heteroatoms. The number of furan rings is 1. The smallest absolute Gasteiger partial charge is 0.371 e. The standard InChI is InChI=1S/C13H17N3O5/c1-14-11(17)9-3-2-6-16(9)13(20)15-7-8-4-5-10(21-8)12(18)19/h4-5,9H,2-3,6-7H2,1H3,(H,14,17)(H,15,20)(H,18,19). The minimum Gasteiger partial charge on any atom is -0.475 e. The largest absolute Gasteiger partial charge is 0.475 e. The van der Waals surface area contributed by atoms with E-state index in [1.165, 1.54) is 24.1 Å². The van der Waals surface area contributed by atoms with Crippen LogP contribution in [-0.4, -0.2) is 47.5 Å². The Bertz CT molecular complexity index is 554. The maximum Gasteiger partial charge on any atom is 0.371 e. The van der Waals surface area contributed by atoms with Crippen LogP contribution in [0.15, 0.2) is 16.5 Å². The van der Waals surface area contributed by atoms with Gasteiger partial charge in [0, 0.05) is 13.6 Å². The van der Waals surface area contributed by atoms with Gasteiger partial charge in [-0.05, 0) is 25.0 Å². The van der Waals surface area contributed by atoms with Crippen LogP contribution in [0.3, 0.4) is 0 Å². The molecule has 1 aliphatic heterocycles. The summed E-state index contributed by atoms with van der Waals surface area (Å²) in [6.45, 7) is 0.589. The average molecular weight is 295 g/mol. The molecule has 0 spiro atoms. The van der Waals surface area contributed by atoms with Gasteiger partial charge in [-0.15, -0.1) is 0 Å². The van der Waals surface area contributed by atoms with Crippen LogP contribution in [0.1, 0.15) is 29.2 Å². The number of likely N-dealkylation sites (tertiary alicyclic amines) is 1. The van der Waals surface area contributed by atoms with Crippen LogP contribution in [0.2, 0.25) is 0 Å². The van der Waals surface area contributed by atoms with Crippen molar-refractivity contribution >= 4 is 17.9 Å². The third kappa shape index (κ3) is 3.33. The number of carbonyl (C=O) groups excluding carboxylic acids is 2. The van der Waals surface area contributed by atoms with Crippen molar-refractivity contribution in [3.05, 3.63) is 23.7 Å². The quantitative estimate of drug-likeness (QED) is 0.744. The maximum atomic E-state index is 12.1. The van der Waals surface area contributed by atoms with Crippen molar-refractivity contribution in [3.8, 4) is 0 Å². The van der Waals surface area contributed by atoms with Gasteiger partial charge < -0.3 is 25.1 Å². The van der Waals surface area contributed by atoms with Crippen molar-refractivity contribution in [1.82, 2.24) is 15.5 Å². The molecule has 114 valence electrons. The van der Waals surface area contributed by atoms with E-state index in [4.69, 9.17) is 9.52 Å². The van der Waals surface area contributed by atoms with Gasteiger partial charge >= 0.3 is 12.0 Å². The normalized spacial score (nSPS) is 17.6. The van der Waals surface area contributed by atoms with E-state index in [2.05, 4.69) is 10.6 Å². The molecule has 3 N–H and O–H groups in total. The molecule has 1 unspecified atom stereocenters. The minimum atomic E-state index is -1.16. The fourth-order valence-corrected chi connectivity index (χ4v) is 2.30.